The first-order valence-electron chi connectivity index (χ1n) is 6.07. The van der Waals surface area contributed by atoms with Gasteiger partial charge in [0.2, 0.25) is 0 Å². The molecule has 0 aliphatic rings. The number of carbonyl (C=O) groups excluding carboxylic acids is 1. The summed E-state index contributed by atoms with van der Waals surface area (Å²) in [5, 5.41) is -0.754. The molecular formula is C15H18O3S. The van der Waals surface area contributed by atoms with E-state index >= 15 is 0 Å². The lowest BCUT2D eigenvalue weighted by molar-refractivity contribution is -0.114. The van der Waals surface area contributed by atoms with Gasteiger partial charge in [0.15, 0.2) is 15.6 Å². The molecular weight excluding hydrogens is 260 g/mol. The average molecular weight is 278 g/mol. The molecule has 1 unspecified atom stereocenters. The Kier molecular flexibility index (Phi) is 5.70. The number of benzene rings is 1. The molecule has 0 bridgehead atoms. The lowest BCUT2D eigenvalue weighted by atomic mass is 10.1. The molecule has 1 rings (SSSR count). The minimum Gasteiger partial charge on any atom is -0.295 e. The van der Waals surface area contributed by atoms with Gasteiger partial charge in [0.1, 0.15) is 0 Å². The zero-order chi connectivity index (χ0) is 14.3. The smallest absolute Gasteiger partial charge is 0.181 e. The van der Waals surface area contributed by atoms with Gasteiger partial charge < -0.3 is 0 Å². The Morgan fingerprint density at radius 2 is 1.95 bits per heavy atom. The van der Waals surface area contributed by atoms with E-state index in [4.69, 9.17) is 0 Å². The lowest BCUT2D eigenvalue weighted by Crippen LogP contribution is -2.23. The summed E-state index contributed by atoms with van der Waals surface area (Å²) in [5.41, 5.74) is 0. The van der Waals surface area contributed by atoms with E-state index in [-0.39, 0.29) is 23.5 Å². The Hall–Kier alpha value is -1.68. The van der Waals surface area contributed by atoms with Gasteiger partial charge in [-0.3, -0.25) is 4.79 Å². The van der Waals surface area contributed by atoms with E-state index in [1.165, 1.54) is 12.2 Å². The minimum atomic E-state index is -3.50. The maximum absolute atomic E-state index is 12.4. The summed E-state index contributed by atoms with van der Waals surface area (Å²) in [6.07, 6.45) is 4.79. The molecule has 0 radical (unpaired) electrons. The molecule has 0 aromatic heterocycles. The third-order valence-corrected chi connectivity index (χ3v) is 4.89. The molecule has 0 saturated heterocycles. The zero-order valence-corrected chi connectivity index (χ0v) is 11.8. The van der Waals surface area contributed by atoms with Gasteiger partial charge in [0.05, 0.1) is 10.1 Å². The highest BCUT2D eigenvalue weighted by molar-refractivity contribution is 7.92. The SMILES string of the molecule is C=CCC(CC(=O)/C=C/C)S(=O)(=O)c1ccccc1. The van der Waals surface area contributed by atoms with Crippen molar-refractivity contribution in [3.8, 4) is 0 Å². The van der Waals surface area contributed by atoms with Crippen molar-refractivity contribution in [2.45, 2.75) is 29.9 Å². The molecule has 0 aliphatic carbocycles. The van der Waals surface area contributed by atoms with Gasteiger partial charge in [-0.1, -0.05) is 30.4 Å². The molecule has 0 heterocycles. The minimum absolute atomic E-state index is 0.0203. The molecule has 0 N–H and O–H groups in total. The van der Waals surface area contributed by atoms with Crippen LogP contribution in [-0.2, 0) is 14.6 Å². The summed E-state index contributed by atoms with van der Waals surface area (Å²) < 4.78 is 24.9. The molecule has 4 heteroatoms. The van der Waals surface area contributed by atoms with Gasteiger partial charge in [-0.05, 0) is 31.6 Å². The summed E-state index contributed by atoms with van der Waals surface area (Å²) >= 11 is 0. The second-order valence-corrected chi connectivity index (χ2v) is 6.40. The summed E-state index contributed by atoms with van der Waals surface area (Å²) in [5.74, 6) is -0.186. The van der Waals surface area contributed by atoms with Crippen molar-refractivity contribution in [1.82, 2.24) is 0 Å². The standard InChI is InChI=1S/C15H18O3S/c1-3-8-13(16)12-15(9-4-2)19(17,18)14-10-6-5-7-11-14/h3-8,10-11,15H,2,9,12H2,1H3/b8-3+. The van der Waals surface area contributed by atoms with E-state index in [0.717, 1.165) is 0 Å². The van der Waals surface area contributed by atoms with Crippen LogP contribution in [0.3, 0.4) is 0 Å². The molecule has 1 aromatic rings. The summed E-state index contributed by atoms with van der Waals surface area (Å²) in [7, 11) is -3.50. The van der Waals surface area contributed by atoms with E-state index in [0.29, 0.717) is 0 Å². The Labute approximate surface area is 114 Å². The van der Waals surface area contributed by atoms with E-state index < -0.39 is 15.1 Å². The maximum Gasteiger partial charge on any atom is 0.181 e. The van der Waals surface area contributed by atoms with Crippen LogP contribution in [0, 0.1) is 0 Å². The molecule has 0 fully saturated rings. The molecule has 1 atom stereocenters. The van der Waals surface area contributed by atoms with Gasteiger partial charge in [-0.15, -0.1) is 6.58 Å². The topological polar surface area (TPSA) is 51.2 Å². The monoisotopic (exact) mass is 278 g/mol. The normalized spacial score (nSPS) is 13.3. The third kappa shape index (κ3) is 4.17. The third-order valence-electron chi connectivity index (χ3n) is 2.72. The number of hydrogen-bond donors (Lipinski definition) is 0. The quantitative estimate of drug-likeness (QED) is 0.569. The number of ketones is 1. The maximum atomic E-state index is 12.4. The zero-order valence-electron chi connectivity index (χ0n) is 11.0. The first-order chi connectivity index (χ1) is 9.02. The fraction of sp³-hybridized carbons (Fsp3) is 0.267. The largest absolute Gasteiger partial charge is 0.295 e. The second-order valence-electron chi connectivity index (χ2n) is 4.17. The fourth-order valence-corrected chi connectivity index (χ4v) is 3.48. The van der Waals surface area contributed by atoms with Crippen molar-refractivity contribution in [1.29, 1.82) is 0 Å². The Balaban J connectivity index is 3.04. The van der Waals surface area contributed by atoms with Crippen LogP contribution >= 0.6 is 0 Å². The van der Waals surface area contributed by atoms with Crippen molar-refractivity contribution < 1.29 is 13.2 Å². The van der Waals surface area contributed by atoms with Crippen molar-refractivity contribution in [2.75, 3.05) is 0 Å². The van der Waals surface area contributed by atoms with Gasteiger partial charge >= 0.3 is 0 Å². The summed E-state index contributed by atoms with van der Waals surface area (Å²) in [6, 6.07) is 8.20. The predicted molar refractivity (Wildman–Crippen MR) is 76.7 cm³/mol. The number of sulfone groups is 1. The van der Waals surface area contributed by atoms with Crippen LogP contribution in [0.5, 0.6) is 0 Å². The van der Waals surface area contributed by atoms with Crippen molar-refractivity contribution in [2.24, 2.45) is 0 Å². The number of carbonyl (C=O) groups is 1. The molecule has 102 valence electrons. The van der Waals surface area contributed by atoms with Crippen LogP contribution < -0.4 is 0 Å². The first kappa shape index (κ1) is 15.4. The van der Waals surface area contributed by atoms with Crippen LogP contribution in [0.2, 0.25) is 0 Å². The van der Waals surface area contributed by atoms with Crippen molar-refractivity contribution in [3.63, 3.8) is 0 Å². The van der Waals surface area contributed by atoms with Crippen LogP contribution in [0.25, 0.3) is 0 Å². The van der Waals surface area contributed by atoms with E-state index in [2.05, 4.69) is 6.58 Å². The highest BCUT2D eigenvalue weighted by Crippen LogP contribution is 2.21. The molecule has 0 aliphatic heterocycles. The van der Waals surface area contributed by atoms with Gasteiger partial charge in [0, 0.05) is 6.42 Å². The Morgan fingerprint density at radius 3 is 2.47 bits per heavy atom. The van der Waals surface area contributed by atoms with E-state index in [1.54, 1.807) is 43.3 Å². The van der Waals surface area contributed by atoms with Crippen molar-refractivity contribution in [3.05, 3.63) is 55.1 Å². The van der Waals surface area contributed by atoms with Gasteiger partial charge in [-0.2, -0.15) is 0 Å². The van der Waals surface area contributed by atoms with Crippen LogP contribution in [0.1, 0.15) is 19.8 Å². The Bertz CT molecular complexity index is 556. The van der Waals surface area contributed by atoms with Gasteiger partial charge in [0.25, 0.3) is 0 Å². The van der Waals surface area contributed by atoms with E-state index in [1.807, 2.05) is 0 Å². The molecule has 0 spiro atoms. The van der Waals surface area contributed by atoms with Crippen molar-refractivity contribution >= 4 is 15.6 Å². The van der Waals surface area contributed by atoms with Crippen LogP contribution in [0.4, 0.5) is 0 Å². The number of allylic oxidation sites excluding steroid dienone is 3. The number of rotatable bonds is 7. The highest BCUT2D eigenvalue weighted by atomic mass is 32.2. The van der Waals surface area contributed by atoms with Crippen LogP contribution in [-0.4, -0.2) is 19.5 Å². The summed E-state index contributed by atoms with van der Waals surface area (Å²) in [6.45, 7) is 5.30. The van der Waals surface area contributed by atoms with E-state index in [9.17, 15) is 13.2 Å². The molecule has 3 nitrogen and oxygen atoms in total. The van der Waals surface area contributed by atoms with Crippen LogP contribution in [0.15, 0.2) is 60.0 Å². The predicted octanol–water partition coefficient (Wildman–Crippen LogP) is 2.94. The number of hydrogen-bond acceptors (Lipinski definition) is 3. The molecule has 1 aromatic carbocycles. The lowest BCUT2D eigenvalue weighted by Gasteiger charge is -2.14. The first-order valence-corrected chi connectivity index (χ1v) is 7.62. The Morgan fingerprint density at radius 1 is 1.32 bits per heavy atom. The molecule has 0 amide bonds. The highest BCUT2D eigenvalue weighted by Gasteiger charge is 2.27. The molecule has 0 saturated carbocycles. The summed E-state index contributed by atoms with van der Waals surface area (Å²) in [4.78, 5) is 11.9. The second kappa shape index (κ2) is 7.04. The van der Waals surface area contributed by atoms with Gasteiger partial charge in [-0.25, -0.2) is 8.42 Å². The fourth-order valence-electron chi connectivity index (χ4n) is 1.79. The average Bonchev–Trinajstić information content (AvgIpc) is 2.39. The molecule has 19 heavy (non-hydrogen) atoms.